The van der Waals surface area contributed by atoms with Crippen molar-refractivity contribution >= 4 is 33.3 Å². The lowest BCUT2D eigenvalue weighted by atomic mass is 10.1. The summed E-state index contributed by atoms with van der Waals surface area (Å²) in [5, 5.41) is 8.15. The van der Waals surface area contributed by atoms with E-state index >= 15 is 0 Å². The maximum Gasteiger partial charge on any atom is 0.319 e. The average molecular weight is 461 g/mol. The molecule has 0 aromatic heterocycles. The van der Waals surface area contributed by atoms with Crippen molar-refractivity contribution in [2.75, 3.05) is 36.9 Å². The van der Waals surface area contributed by atoms with Crippen molar-refractivity contribution < 1.29 is 22.7 Å². The van der Waals surface area contributed by atoms with Crippen molar-refractivity contribution in [3.63, 3.8) is 0 Å². The van der Waals surface area contributed by atoms with Gasteiger partial charge in [0.1, 0.15) is 0 Å². The Hall–Kier alpha value is -2.95. The Bertz CT molecular complexity index is 1080. The first-order valence-electron chi connectivity index (χ1n) is 10.3. The molecule has 0 unspecified atom stereocenters. The zero-order chi connectivity index (χ0) is 23.3. The van der Waals surface area contributed by atoms with E-state index < -0.39 is 10.0 Å². The van der Waals surface area contributed by atoms with Crippen LogP contribution in [0, 0.1) is 6.92 Å². The zero-order valence-electron chi connectivity index (χ0n) is 18.3. The zero-order valence-corrected chi connectivity index (χ0v) is 19.2. The lowest BCUT2D eigenvalue weighted by molar-refractivity contribution is 0.0730. The largest absolute Gasteiger partial charge is 0.379 e. The predicted molar refractivity (Wildman–Crippen MR) is 122 cm³/mol. The van der Waals surface area contributed by atoms with E-state index in [4.69, 9.17) is 4.74 Å². The quantitative estimate of drug-likeness (QED) is 0.613. The molecule has 0 radical (unpaired) electrons. The van der Waals surface area contributed by atoms with Crippen molar-refractivity contribution in [1.82, 2.24) is 9.62 Å². The smallest absolute Gasteiger partial charge is 0.319 e. The van der Waals surface area contributed by atoms with Gasteiger partial charge in [0.05, 0.1) is 18.1 Å². The molecule has 3 N–H and O–H groups in total. The summed E-state index contributed by atoms with van der Waals surface area (Å²) in [7, 11) is -3.69. The molecule has 2 aromatic rings. The van der Waals surface area contributed by atoms with Crippen molar-refractivity contribution in [3.05, 3.63) is 53.6 Å². The second kappa shape index (κ2) is 10.1. The highest BCUT2D eigenvalue weighted by atomic mass is 32.2. The number of hydrogen-bond acceptors (Lipinski definition) is 5. The summed E-state index contributed by atoms with van der Waals surface area (Å²) in [5.74, 6) is -0.387. The Labute approximate surface area is 188 Å². The van der Waals surface area contributed by atoms with Gasteiger partial charge in [0.25, 0.3) is 5.91 Å². The lowest BCUT2D eigenvalue weighted by Crippen LogP contribution is -2.40. The molecule has 0 spiro atoms. The Kier molecular flexibility index (Phi) is 7.49. The molecule has 9 nitrogen and oxygen atoms in total. The highest BCUT2D eigenvalue weighted by Crippen LogP contribution is 2.25. The second-order valence-corrected chi connectivity index (χ2v) is 9.69. The molecule has 3 amide bonds. The number of morpholine rings is 1. The topological polar surface area (TPSA) is 117 Å². The molecule has 1 heterocycles. The molecule has 2 aromatic carbocycles. The van der Waals surface area contributed by atoms with Gasteiger partial charge in [-0.3, -0.25) is 4.79 Å². The van der Waals surface area contributed by atoms with Crippen LogP contribution >= 0.6 is 0 Å². The minimum absolute atomic E-state index is 0.00603. The molecule has 1 aliphatic heterocycles. The lowest BCUT2D eigenvalue weighted by Gasteiger charge is -2.26. The molecule has 1 aliphatic rings. The van der Waals surface area contributed by atoms with Crippen LogP contribution in [0.5, 0.6) is 0 Å². The van der Waals surface area contributed by atoms with Crippen LogP contribution in [0.15, 0.2) is 47.4 Å². The molecule has 10 heteroatoms. The summed E-state index contributed by atoms with van der Waals surface area (Å²) >= 11 is 0. The number of rotatable bonds is 6. The number of urea groups is 1. The first kappa shape index (κ1) is 23.7. The van der Waals surface area contributed by atoms with Crippen molar-refractivity contribution in [2.24, 2.45) is 0 Å². The number of aryl methyl sites for hydroxylation is 1. The van der Waals surface area contributed by atoms with Gasteiger partial charge in [0.15, 0.2) is 0 Å². The minimum atomic E-state index is -3.69. The van der Waals surface area contributed by atoms with E-state index in [0.29, 0.717) is 48.8 Å². The highest BCUT2D eigenvalue weighted by molar-refractivity contribution is 7.89. The van der Waals surface area contributed by atoms with Gasteiger partial charge in [-0.2, -0.15) is 4.31 Å². The minimum Gasteiger partial charge on any atom is -0.379 e. The molecule has 0 aliphatic carbocycles. The maximum atomic E-state index is 13.0. The van der Waals surface area contributed by atoms with E-state index in [1.807, 2.05) is 13.8 Å². The van der Waals surface area contributed by atoms with Crippen LogP contribution in [-0.4, -0.2) is 57.0 Å². The summed E-state index contributed by atoms with van der Waals surface area (Å²) in [6, 6.07) is 10.9. The molecule has 0 saturated carbocycles. The fourth-order valence-electron chi connectivity index (χ4n) is 3.22. The Morgan fingerprint density at radius 2 is 1.59 bits per heavy atom. The molecule has 3 rings (SSSR count). The van der Waals surface area contributed by atoms with E-state index in [1.165, 1.54) is 10.4 Å². The Morgan fingerprint density at radius 3 is 2.22 bits per heavy atom. The summed E-state index contributed by atoms with van der Waals surface area (Å²) in [5.41, 5.74) is 1.91. The van der Waals surface area contributed by atoms with Gasteiger partial charge in [0, 0.05) is 36.1 Å². The van der Waals surface area contributed by atoms with E-state index in [0.717, 1.165) is 0 Å². The third kappa shape index (κ3) is 5.84. The van der Waals surface area contributed by atoms with Gasteiger partial charge in [-0.25, -0.2) is 13.2 Å². The fourth-order valence-corrected chi connectivity index (χ4v) is 4.88. The number of hydrogen-bond donors (Lipinski definition) is 3. The van der Waals surface area contributed by atoms with Gasteiger partial charge < -0.3 is 20.7 Å². The number of sulfonamides is 1. The van der Waals surface area contributed by atoms with Gasteiger partial charge in [-0.1, -0.05) is 6.07 Å². The second-order valence-electron chi connectivity index (χ2n) is 7.78. The Morgan fingerprint density at radius 1 is 0.969 bits per heavy atom. The van der Waals surface area contributed by atoms with Crippen LogP contribution in [0.4, 0.5) is 16.2 Å². The first-order valence-corrected chi connectivity index (χ1v) is 11.8. The van der Waals surface area contributed by atoms with Gasteiger partial charge in [-0.15, -0.1) is 0 Å². The predicted octanol–water partition coefficient (Wildman–Crippen LogP) is 2.80. The number of carbonyl (C=O) groups excluding carboxylic acids is 2. The number of benzene rings is 2. The SMILES string of the molecule is Cc1ccc(NC(=O)c2ccc(NC(=O)NC(C)C)cc2)cc1S(=O)(=O)N1CCOCC1. The van der Waals surface area contributed by atoms with Crippen molar-refractivity contribution in [1.29, 1.82) is 0 Å². The molecule has 1 fully saturated rings. The first-order chi connectivity index (χ1) is 15.2. The fraction of sp³-hybridized carbons (Fsp3) is 0.364. The average Bonchev–Trinajstić information content (AvgIpc) is 2.75. The van der Waals surface area contributed by atoms with Gasteiger partial charge in [-0.05, 0) is 62.7 Å². The standard InChI is InChI=1S/C22H28N4O5S/c1-15(2)23-22(28)25-18-8-5-17(6-9-18)21(27)24-19-7-4-16(3)20(14-19)32(29,30)26-10-12-31-13-11-26/h4-9,14-15H,10-13H2,1-3H3,(H,24,27)(H2,23,25,28). The van der Waals surface area contributed by atoms with Crippen LogP contribution in [0.25, 0.3) is 0 Å². The van der Waals surface area contributed by atoms with Crippen LogP contribution in [0.2, 0.25) is 0 Å². The van der Waals surface area contributed by atoms with Crippen LogP contribution in [0.3, 0.4) is 0 Å². The van der Waals surface area contributed by atoms with Crippen molar-refractivity contribution in [2.45, 2.75) is 31.7 Å². The number of anilines is 2. The van der Waals surface area contributed by atoms with E-state index in [2.05, 4.69) is 16.0 Å². The number of ether oxygens (including phenoxy) is 1. The molecular formula is C22H28N4O5S. The summed E-state index contributed by atoms with van der Waals surface area (Å²) < 4.78 is 32.7. The van der Waals surface area contributed by atoms with E-state index in [9.17, 15) is 18.0 Å². The van der Waals surface area contributed by atoms with E-state index in [1.54, 1.807) is 43.3 Å². The molecule has 0 bridgehead atoms. The highest BCUT2D eigenvalue weighted by Gasteiger charge is 2.28. The van der Waals surface area contributed by atoms with Crippen molar-refractivity contribution in [3.8, 4) is 0 Å². The van der Waals surface area contributed by atoms with Crippen LogP contribution in [-0.2, 0) is 14.8 Å². The molecule has 172 valence electrons. The monoisotopic (exact) mass is 460 g/mol. The number of carbonyl (C=O) groups is 2. The van der Waals surface area contributed by atoms with Gasteiger partial charge >= 0.3 is 6.03 Å². The third-order valence-electron chi connectivity index (χ3n) is 4.86. The van der Waals surface area contributed by atoms with E-state index in [-0.39, 0.29) is 22.9 Å². The maximum absolute atomic E-state index is 13.0. The van der Waals surface area contributed by atoms with Gasteiger partial charge in [0.2, 0.25) is 10.0 Å². The van der Waals surface area contributed by atoms with Crippen LogP contribution in [0.1, 0.15) is 29.8 Å². The summed E-state index contributed by atoms with van der Waals surface area (Å²) in [6.07, 6.45) is 0. The normalized spacial score (nSPS) is 14.8. The summed E-state index contributed by atoms with van der Waals surface area (Å²) in [4.78, 5) is 24.6. The van der Waals surface area contributed by atoms with Crippen LogP contribution < -0.4 is 16.0 Å². The number of nitrogens with zero attached hydrogens (tertiary/aromatic N) is 1. The molecule has 32 heavy (non-hydrogen) atoms. The summed E-state index contributed by atoms with van der Waals surface area (Å²) in [6.45, 7) is 6.75. The number of nitrogens with one attached hydrogen (secondary N) is 3. The molecule has 0 atom stereocenters. The molecular weight excluding hydrogens is 432 g/mol. The third-order valence-corrected chi connectivity index (χ3v) is 6.90. The Balaban J connectivity index is 1.71. The number of amides is 3. The molecule has 1 saturated heterocycles.